The van der Waals surface area contributed by atoms with Crippen LogP contribution in [0.4, 0.5) is 5.69 Å². The van der Waals surface area contributed by atoms with Gasteiger partial charge in [-0.1, -0.05) is 25.1 Å². The lowest BCUT2D eigenvalue weighted by Gasteiger charge is -2.46. The molecule has 3 aromatic rings. The Kier molecular flexibility index (Phi) is 4.23. The average Bonchev–Trinajstić information content (AvgIpc) is 3.33. The van der Waals surface area contributed by atoms with Gasteiger partial charge in [0.25, 0.3) is 5.91 Å². The van der Waals surface area contributed by atoms with Crippen molar-refractivity contribution in [2.24, 2.45) is 13.0 Å². The number of hydrogen-bond acceptors (Lipinski definition) is 4. The number of benzene rings is 1. The molecule has 2 aliphatic carbocycles. The minimum Gasteiger partial charge on any atom is -0.321 e. The molecule has 0 spiro atoms. The van der Waals surface area contributed by atoms with E-state index in [4.69, 9.17) is 0 Å². The van der Waals surface area contributed by atoms with Gasteiger partial charge < -0.3 is 9.88 Å². The van der Waals surface area contributed by atoms with Crippen molar-refractivity contribution in [1.82, 2.24) is 19.7 Å². The third-order valence-electron chi connectivity index (χ3n) is 6.37. The van der Waals surface area contributed by atoms with Gasteiger partial charge in [-0.2, -0.15) is 0 Å². The summed E-state index contributed by atoms with van der Waals surface area (Å²) in [5.41, 5.74) is 4.64. The molecule has 0 saturated heterocycles. The summed E-state index contributed by atoms with van der Waals surface area (Å²) < 4.78 is 2.01. The van der Waals surface area contributed by atoms with Gasteiger partial charge >= 0.3 is 0 Å². The number of nitrogens with one attached hydrogen (secondary N) is 1. The largest absolute Gasteiger partial charge is 0.321 e. The van der Waals surface area contributed by atoms with Gasteiger partial charge in [0, 0.05) is 18.4 Å². The van der Waals surface area contributed by atoms with Gasteiger partial charge in [-0.05, 0) is 67.3 Å². The van der Waals surface area contributed by atoms with E-state index in [0.717, 1.165) is 49.3 Å². The number of carbonyl (C=O) groups is 1. The number of rotatable bonds is 4. The van der Waals surface area contributed by atoms with Crippen LogP contribution in [0.3, 0.4) is 0 Å². The Bertz CT molecular complexity index is 1080. The number of carbonyl (C=O) groups excluding carboxylic acids is 1. The zero-order valence-corrected chi connectivity index (χ0v) is 16.9. The summed E-state index contributed by atoms with van der Waals surface area (Å²) in [6.07, 6.45) is 6.97. The molecule has 2 heterocycles. The molecule has 6 heteroatoms. The Morgan fingerprint density at radius 2 is 2.07 bits per heavy atom. The topological polar surface area (TPSA) is 72.7 Å². The Morgan fingerprint density at radius 3 is 2.83 bits per heavy atom. The van der Waals surface area contributed by atoms with Crippen molar-refractivity contribution in [1.29, 1.82) is 0 Å². The minimum absolute atomic E-state index is 0.142. The molecular weight excluding hydrogens is 362 g/mol. The molecule has 2 aromatic heterocycles. The molecule has 1 amide bonds. The molecule has 5 rings (SSSR count). The van der Waals surface area contributed by atoms with Crippen LogP contribution in [0.2, 0.25) is 0 Å². The number of pyridine rings is 1. The lowest BCUT2D eigenvalue weighted by Crippen LogP contribution is -2.43. The number of anilines is 1. The van der Waals surface area contributed by atoms with E-state index in [1.165, 1.54) is 11.1 Å². The maximum Gasteiger partial charge on any atom is 0.274 e. The molecule has 1 saturated carbocycles. The van der Waals surface area contributed by atoms with Crippen LogP contribution in [0.5, 0.6) is 0 Å². The van der Waals surface area contributed by atoms with Crippen LogP contribution in [0, 0.1) is 5.92 Å². The van der Waals surface area contributed by atoms with E-state index in [1.54, 1.807) is 6.33 Å². The first kappa shape index (κ1) is 18.0. The minimum atomic E-state index is -0.161. The summed E-state index contributed by atoms with van der Waals surface area (Å²) in [5, 5.41) is 11.5. The molecule has 1 fully saturated rings. The van der Waals surface area contributed by atoms with Crippen LogP contribution in [0.1, 0.15) is 59.3 Å². The number of hydrogen-bond donors (Lipinski definition) is 1. The van der Waals surface area contributed by atoms with Crippen molar-refractivity contribution in [3.63, 3.8) is 0 Å². The van der Waals surface area contributed by atoms with E-state index in [0.29, 0.717) is 11.6 Å². The number of aromatic nitrogens is 4. The maximum absolute atomic E-state index is 12.8. The Morgan fingerprint density at radius 1 is 1.21 bits per heavy atom. The van der Waals surface area contributed by atoms with Gasteiger partial charge in [0.15, 0.2) is 0 Å². The molecule has 6 nitrogen and oxygen atoms in total. The number of fused-ring (bicyclic) bond motifs is 1. The van der Waals surface area contributed by atoms with Crippen molar-refractivity contribution in [2.45, 2.75) is 44.4 Å². The van der Waals surface area contributed by atoms with Crippen LogP contribution in [-0.2, 0) is 25.3 Å². The summed E-state index contributed by atoms with van der Waals surface area (Å²) in [5.74, 6) is 1.46. The van der Waals surface area contributed by atoms with Crippen molar-refractivity contribution < 1.29 is 4.79 Å². The quantitative estimate of drug-likeness (QED) is 0.741. The fourth-order valence-electron chi connectivity index (χ4n) is 5.03. The monoisotopic (exact) mass is 387 g/mol. The van der Waals surface area contributed by atoms with Crippen LogP contribution < -0.4 is 5.32 Å². The van der Waals surface area contributed by atoms with Crippen LogP contribution in [0.25, 0.3) is 0 Å². The SMILES string of the molecule is CC1CC(c2cccc(NC(=O)c3ccc4c(n3)CCC4)c2)(c2nncn2C)C1. The third kappa shape index (κ3) is 3.03. The summed E-state index contributed by atoms with van der Waals surface area (Å²) in [6.45, 7) is 2.26. The summed E-state index contributed by atoms with van der Waals surface area (Å²) in [6, 6.07) is 12.0. The van der Waals surface area contributed by atoms with Crippen LogP contribution >= 0.6 is 0 Å². The predicted octanol–water partition coefficient (Wildman–Crippen LogP) is 3.67. The maximum atomic E-state index is 12.8. The highest BCUT2D eigenvalue weighted by molar-refractivity contribution is 6.03. The smallest absolute Gasteiger partial charge is 0.274 e. The lowest BCUT2D eigenvalue weighted by molar-refractivity contribution is 0.102. The third-order valence-corrected chi connectivity index (χ3v) is 6.37. The molecule has 0 aliphatic heterocycles. The highest BCUT2D eigenvalue weighted by Gasteiger charge is 2.48. The highest BCUT2D eigenvalue weighted by atomic mass is 16.1. The summed E-state index contributed by atoms with van der Waals surface area (Å²) in [4.78, 5) is 17.4. The van der Waals surface area contributed by atoms with Crippen molar-refractivity contribution in [2.75, 3.05) is 5.32 Å². The highest BCUT2D eigenvalue weighted by Crippen LogP contribution is 2.51. The number of amides is 1. The van der Waals surface area contributed by atoms with Crippen molar-refractivity contribution in [3.05, 3.63) is 71.1 Å². The molecule has 0 unspecified atom stereocenters. The molecule has 1 N–H and O–H groups in total. The van der Waals surface area contributed by atoms with Crippen molar-refractivity contribution in [3.8, 4) is 0 Å². The fourth-order valence-corrected chi connectivity index (χ4v) is 5.03. The predicted molar refractivity (Wildman–Crippen MR) is 111 cm³/mol. The molecule has 0 atom stereocenters. The van der Waals surface area contributed by atoms with Crippen LogP contribution in [-0.4, -0.2) is 25.7 Å². The van der Waals surface area contributed by atoms with E-state index in [2.05, 4.69) is 39.6 Å². The van der Waals surface area contributed by atoms with Gasteiger partial charge in [0.2, 0.25) is 0 Å². The molecule has 29 heavy (non-hydrogen) atoms. The van der Waals surface area contributed by atoms with E-state index < -0.39 is 0 Å². The first-order chi connectivity index (χ1) is 14.0. The van der Waals surface area contributed by atoms with Crippen LogP contribution in [0.15, 0.2) is 42.7 Å². The zero-order chi connectivity index (χ0) is 20.0. The molecule has 1 aromatic carbocycles. The molecular formula is C23H25N5O. The first-order valence-electron chi connectivity index (χ1n) is 10.3. The molecule has 2 aliphatic rings. The van der Waals surface area contributed by atoms with Crippen molar-refractivity contribution >= 4 is 11.6 Å². The average molecular weight is 387 g/mol. The molecule has 148 valence electrons. The Balaban J connectivity index is 1.42. The zero-order valence-electron chi connectivity index (χ0n) is 16.9. The van der Waals surface area contributed by atoms with Gasteiger partial charge in [-0.25, -0.2) is 4.98 Å². The molecule has 0 bridgehead atoms. The normalized spacial score (nSPS) is 22.8. The van der Waals surface area contributed by atoms with Gasteiger partial charge in [0.05, 0.1) is 5.41 Å². The summed E-state index contributed by atoms with van der Waals surface area (Å²) in [7, 11) is 1.99. The standard InChI is InChI=1S/C23H25N5O/c1-15-12-23(13-15,22-27-24-14-28(22)2)17-6-4-7-18(11-17)25-21(29)20-10-9-16-5-3-8-19(16)26-20/h4,6-7,9-11,14-15H,3,5,8,12-13H2,1-2H3,(H,25,29). The Hall–Kier alpha value is -3.02. The van der Waals surface area contributed by atoms with E-state index in [9.17, 15) is 4.79 Å². The van der Waals surface area contributed by atoms with E-state index in [-0.39, 0.29) is 11.3 Å². The van der Waals surface area contributed by atoms with E-state index in [1.807, 2.05) is 35.9 Å². The van der Waals surface area contributed by atoms with Gasteiger partial charge in [-0.3, -0.25) is 4.79 Å². The van der Waals surface area contributed by atoms with E-state index >= 15 is 0 Å². The number of aryl methyl sites for hydroxylation is 3. The molecule has 0 radical (unpaired) electrons. The second kappa shape index (κ2) is 6.79. The summed E-state index contributed by atoms with van der Waals surface area (Å²) >= 11 is 0. The van der Waals surface area contributed by atoms with Gasteiger partial charge in [0.1, 0.15) is 17.8 Å². The fraction of sp³-hybridized carbons (Fsp3) is 0.391. The second-order valence-electron chi connectivity index (χ2n) is 8.55. The Labute approximate surface area is 170 Å². The number of nitrogens with zero attached hydrogens (tertiary/aromatic N) is 4. The lowest BCUT2D eigenvalue weighted by atomic mass is 9.58. The van der Waals surface area contributed by atoms with Gasteiger partial charge in [-0.15, -0.1) is 10.2 Å². The second-order valence-corrected chi connectivity index (χ2v) is 8.55. The first-order valence-corrected chi connectivity index (χ1v) is 10.3.